The molecule has 98 valence electrons. The summed E-state index contributed by atoms with van der Waals surface area (Å²) >= 11 is 6.14. The second kappa shape index (κ2) is 6.36. The molecule has 0 aliphatic heterocycles. The van der Waals surface area contributed by atoms with Gasteiger partial charge in [0, 0.05) is 10.6 Å². The Morgan fingerprint density at radius 2 is 1.84 bits per heavy atom. The van der Waals surface area contributed by atoms with Gasteiger partial charge in [0.05, 0.1) is 12.6 Å². The fraction of sp³-hybridized carbons (Fsp3) is 0.133. The van der Waals surface area contributed by atoms with Gasteiger partial charge in [0.2, 0.25) is 6.41 Å². The van der Waals surface area contributed by atoms with Crippen molar-refractivity contribution >= 4 is 18.0 Å². The molecule has 2 N–H and O–H groups in total. The van der Waals surface area contributed by atoms with Crippen LogP contribution in [0.3, 0.4) is 0 Å². The largest absolute Gasteiger partial charge is 0.394 e. The van der Waals surface area contributed by atoms with Gasteiger partial charge in [-0.2, -0.15) is 0 Å². The molecule has 0 aliphatic rings. The molecule has 19 heavy (non-hydrogen) atoms. The van der Waals surface area contributed by atoms with E-state index in [-0.39, 0.29) is 12.6 Å². The first kappa shape index (κ1) is 13.6. The molecule has 2 rings (SSSR count). The van der Waals surface area contributed by atoms with Crippen molar-refractivity contribution in [2.24, 2.45) is 0 Å². The number of hydrogen-bond acceptors (Lipinski definition) is 2. The zero-order chi connectivity index (χ0) is 13.7. The molecule has 2 aromatic carbocycles. The first-order chi connectivity index (χ1) is 9.26. The summed E-state index contributed by atoms with van der Waals surface area (Å²) in [5.74, 6) is 0. The van der Waals surface area contributed by atoms with Gasteiger partial charge in [-0.3, -0.25) is 4.79 Å². The minimum Gasteiger partial charge on any atom is -0.394 e. The zero-order valence-electron chi connectivity index (χ0n) is 10.2. The van der Waals surface area contributed by atoms with Crippen LogP contribution in [0.5, 0.6) is 0 Å². The Hall–Kier alpha value is -1.84. The zero-order valence-corrected chi connectivity index (χ0v) is 11.0. The van der Waals surface area contributed by atoms with E-state index in [2.05, 4.69) is 5.32 Å². The molecule has 0 bridgehead atoms. The number of aliphatic hydroxyl groups excluding tert-OH is 1. The lowest BCUT2D eigenvalue weighted by molar-refractivity contribution is -0.110. The summed E-state index contributed by atoms with van der Waals surface area (Å²) in [5.41, 5.74) is 2.81. The van der Waals surface area contributed by atoms with Gasteiger partial charge in [-0.15, -0.1) is 0 Å². The van der Waals surface area contributed by atoms with E-state index in [1.165, 1.54) is 0 Å². The number of nitrogens with one attached hydrogen (secondary N) is 1. The Bertz CT molecular complexity index is 554. The van der Waals surface area contributed by atoms with Crippen LogP contribution in [0.15, 0.2) is 48.5 Å². The van der Waals surface area contributed by atoms with E-state index >= 15 is 0 Å². The molecule has 2 aromatic rings. The van der Waals surface area contributed by atoms with Crippen LogP contribution in [0.25, 0.3) is 11.1 Å². The van der Waals surface area contributed by atoms with E-state index in [9.17, 15) is 9.90 Å². The van der Waals surface area contributed by atoms with Gasteiger partial charge < -0.3 is 10.4 Å². The number of halogens is 1. The Morgan fingerprint density at radius 1 is 1.16 bits per heavy atom. The summed E-state index contributed by atoms with van der Waals surface area (Å²) in [6, 6.07) is 14.8. The lowest BCUT2D eigenvalue weighted by Gasteiger charge is -2.14. The number of aliphatic hydroxyl groups is 1. The summed E-state index contributed by atoms with van der Waals surface area (Å²) < 4.78 is 0. The predicted octanol–water partition coefficient (Wildman–Crippen LogP) is 2.79. The molecule has 0 spiro atoms. The molecule has 3 nitrogen and oxygen atoms in total. The van der Waals surface area contributed by atoms with Crippen LogP contribution in [0.4, 0.5) is 0 Å². The van der Waals surface area contributed by atoms with E-state index < -0.39 is 0 Å². The molecule has 0 fully saturated rings. The Morgan fingerprint density at radius 3 is 2.42 bits per heavy atom. The summed E-state index contributed by atoms with van der Waals surface area (Å²) in [7, 11) is 0. The molecular formula is C15H14ClNO2. The lowest BCUT2D eigenvalue weighted by atomic mass is 10.0. The summed E-state index contributed by atoms with van der Waals surface area (Å²) in [6.07, 6.45) is 0.586. The summed E-state index contributed by atoms with van der Waals surface area (Å²) in [6.45, 7) is -0.135. The van der Waals surface area contributed by atoms with Crippen molar-refractivity contribution < 1.29 is 9.90 Å². The fourth-order valence-corrected chi connectivity index (χ4v) is 2.17. The quantitative estimate of drug-likeness (QED) is 0.825. The highest BCUT2D eigenvalue weighted by molar-refractivity contribution is 6.33. The van der Waals surface area contributed by atoms with Gasteiger partial charge in [-0.05, 0) is 17.2 Å². The number of hydrogen-bond donors (Lipinski definition) is 2. The van der Waals surface area contributed by atoms with Crippen LogP contribution < -0.4 is 5.32 Å². The highest BCUT2D eigenvalue weighted by Crippen LogP contribution is 2.28. The van der Waals surface area contributed by atoms with E-state index in [1.807, 2.05) is 48.5 Å². The average molecular weight is 276 g/mol. The molecule has 1 amide bonds. The number of carbonyl (C=O) groups is 1. The fourth-order valence-electron chi connectivity index (χ4n) is 1.93. The summed E-state index contributed by atoms with van der Waals surface area (Å²) in [5, 5.41) is 12.5. The third-order valence-corrected chi connectivity index (χ3v) is 3.28. The molecule has 0 saturated heterocycles. The number of carbonyl (C=O) groups excluding carboxylic acids is 1. The molecule has 0 radical (unpaired) electrons. The monoisotopic (exact) mass is 275 g/mol. The third kappa shape index (κ3) is 3.13. The lowest BCUT2D eigenvalue weighted by Crippen LogP contribution is -2.22. The van der Waals surface area contributed by atoms with E-state index in [4.69, 9.17) is 11.6 Å². The molecule has 0 saturated carbocycles. The number of rotatable bonds is 5. The first-order valence-corrected chi connectivity index (χ1v) is 6.29. The predicted molar refractivity (Wildman–Crippen MR) is 75.9 cm³/mol. The van der Waals surface area contributed by atoms with Crippen LogP contribution in [0.1, 0.15) is 11.6 Å². The SMILES string of the molecule is O=CNC(CO)c1ccc(-c2ccccc2Cl)cc1. The van der Waals surface area contributed by atoms with Gasteiger partial charge >= 0.3 is 0 Å². The van der Waals surface area contributed by atoms with Crippen molar-refractivity contribution in [3.63, 3.8) is 0 Å². The van der Waals surface area contributed by atoms with Crippen LogP contribution in [0.2, 0.25) is 5.02 Å². The Balaban J connectivity index is 2.28. The second-order valence-corrected chi connectivity index (χ2v) is 4.53. The van der Waals surface area contributed by atoms with Crippen molar-refractivity contribution in [3.8, 4) is 11.1 Å². The molecule has 4 heteroatoms. The van der Waals surface area contributed by atoms with Crippen molar-refractivity contribution in [3.05, 3.63) is 59.1 Å². The van der Waals surface area contributed by atoms with Gasteiger partial charge in [-0.1, -0.05) is 54.1 Å². The van der Waals surface area contributed by atoms with Gasteiger partial charge in [0.1, 0.15) is 0 Å². The van der Waals surface area contributed by atoms with Crippen molar-refractivity contribution in [1.82, 2.24) is 5.32 Å². The third-order valence-electron chi connectivity index (χ3n) is 2.95. The van der Waals surface area contributed by atoms with E-state index in [1.54, 1.807) is 0 Å². The number of amides is 1. The Kier molecular flexibility index (Phi) is 4.55. The van der Waals surface area contributed by atoms with Gasteiger partial charge in [0.15, 0.2) is 0 Å². The van der Waals surface area contributed by atoms with E-state index in [0.29, 0.717) is 11.4 Å². The minimum absolute atomic E-state index is 0.135. The minimum atomic E-state index is -0.377. The van der Waals surface area contributed by atoms with Crippen LogP contribution in [-0.2, 0) is 4.79 Å². The first-order valence-electron chi connectivity index (χ1n) is 5.91. The molecule has 1 atom stereocenters. The molecular weight excluding hydrogens is 262 g/mol. The summed E-state index contributed by atoms with van der Waals surface area (Å²) in [4.78, 5) is 10.4. The second-order valence-electron chi connectivity index (χ2n) is 4.12. The molecule has 1 unspecified atom stereocenters. The van der Waals surface area contributed by atoms with Crippen molar-refractivity contribution in [2.45, 2.75) is 6.04 Å². The molecule has 0 heterocycles. The molecule has 0 aliphatic carbocycles. The highest BCUT2D eigenvalue weighted by Gasteiger charge is 2.09. The highest BCUT2D eigenvalue weighted by atomic mass is 35.5. The standard InChI is InChI=1S/C15H14ClNO2/c16-14-4-2-1-3-13(14)11-5-7-12(8-6-11)15(9-18)17-10-19/h1-8,10,15,18H,9H2,(H,17,19). The van der Waals surface area contributed by atoms with Crippen LogP contribution in [0, 0.1) is 0 Å². The van der Waals surface area contributed by atoms with Crippen LogP contribution in [-0.4, -0.2) is 18.1 Å². The smallest absolute Gasteiger partial charge is 0.207 e. The Labute approximate surface area is 116 Å². The maximum absolute atomic E-state index is 10.4. The van der Waals surface area contributed by atoms with Crippen molar-refractivity contribution in [2.75, 3.05) is 6.61 Å². The maximum atomic E-state index is 10.4. The molecule has 0 aromatic heterocycles. The van der Waals surface area contributed by atoms with Gasteiger partial charge in [0.25, 0.3) is 0 Å². The van der Waals surface area contributed by atoms with Crippen LogP contribution >= 0.6 is 11.6 Å². The average Bonchev–Trinajstić information content (AvgIpc) is 2.46. The van der Waals surface area contributed by atoms with Gasteiger partial charge in [-0.25, -0.2) is 0 Å². The van der Waals surface area contributed by atoms with Crippen molar-refractivity contribution in [1.29, 1.82) is 0 Å². The topological polar surface area (TPSA) is 49.3 Å². The number of benzene rings is 2. The normalized spacial score (nSPS) is 11.9. The maximum Gasteiger partial charge on any atom is 0.207 e. The van der Waals surface area contributed by atoms with E-state index in [0.717, 1.165) is 16.7 Å².